The zero-order valence-corrected chi connectivity index (χ0v) is 11.7. The number of carbonyl (C=O) groups excluding carboxylic acids is 2. The molecule has 4 N–H and O–H groups in total. The predicted molar refractivity (Wildman–Crippen MR) is 72.2 cm³/mol. The Labute approximate surface area is 110 Å². The molecule has 1 atom stereocenters. The summed E-state index contributed by atoms with van der Waals surface area (Å²) < 4.78 is 3.00. The minimum Gasteiger partial charge on any atom is -0.348 e. The zero-order chi connectivity index (χ0) is 12.4. The number of hydrogen-bond donors (Lipinski definition) is 3. The molecule has 0 aliphatic heterocycles. The van der Waals surface area contributed by atoms with Gasteiger partial charge in [-0.2, -0.15) is 0 Å². The van der Waals surface area contributed by atoms with Crippen LogP contribution >= 0.6 is 22.9 Å². The van der Waals surface area contributed by atoms with Gasteiger partial charge in [0.1, 0.15) is 0 Å². The standard InChI is InChI=1S/C10H20IN3O2/c1-2-8(15)7-13-10(16)9(12)5-3-4-6-14-11/h9,14H,2-7,12H2,1H3,(H,13,16). The lowest BCUT2D eigenvalue weighted by Gasteiger charge is -2.11. The van der Waals surface area contributed by atoms with Crippen molar-refractivity contribution < 1.29 is 9.59 Å². The first kappa shape index (κ1) is 15.8. The number of unbranched alkanes of at least 4 members (excludes halogenated alkanes) is 1. The monoisotopic (exact) mass is 341 g/mol. The van der Waals surface area contributed by atoms with Crippen molar-refractivity contribution in [3.8, 4) is 0 Å². The Hall–Kier alpha value is -0.210. The number of nitrogens with one attached hydrogen (secondary N) is 2. The molecule has 0 saturated carbocycles. The minimum atomic E-state index is -0.501. The highest BCUT2D eigenvalue weighted by molar-refractivity contribution is 14.1. The maximum atomic E-state index is 11.4. The second-order valence-corrected chi connectivity index (χ2v) is 4.36. The van der Waals surface area contributed by atoms with Crippen molar-refractivity contribution in [2.24, 2.45) is 5.73 Å². The van der Waals surface area contributed by atoms with Gasteiger partial charge >= 0.3 is 0 Å². The molecule has 0 aromatic heterocycles. The Morgan fingerprint density at radius 2 is 2.06 bits per heavy atom. The average Bonchev–Trinajstić information content (AvgIpc) is 2.30. The van der Waals surface area contributed by atoms with Crippen LogP contribution in [0, 0.1) is 0 Å². The van der Waals surface area contributed by atoms with Gasteiger partial charge in [0.15, 0.2) is 5.78 Å². The first-order valence-electron chi connectivity index (χ1n) is 5.50. The second kappa shape index (κ2) is 9.98. The molecule has 0 aromatic carbocycles. The molecule has 94 valence electrons. The van der Waals surface area contributed by atoms with Crippen LogP contribution in [0.15, 0.2) is 0 Å². The van der Waals surface area contributed by atoms with Crippen molar-refractivity contribution >= 4 is 34.6 Å². The van der Waals surface area contributed by atoms with Crippen molar-refractivity contribution in [3.63, 3.8) is 0 Å². The molecule has 0 aliphatic rings. The Kier molecular flexibility index (Phi) is 9.85. The minimum absolute atomic E-state index is 0.0228. The average molecular weight is 341 g/mol. The Balaban J connectivity index is 3.61. The fourth-order valence-corrected chi connectivity index (χ4v) is 1.51. The third-order valence-corrected chi connectivity index (χ3v) is 2.77. The summed E-state index contributed by atoms with van der Waals surface area (Å²) >= 11 is 2.08. The summed E-state index contributed by atoms with van der Waals surface area (Å²) in [5.41, 5.74) is 5.68. The molecule has 0 radical (unpaired) electrons. The van der Waals surface area contributed by atoms with Gasteiger partial charge in [0.05, 0.1) is 12.6 Å². The van der Waals surface area contributed by atoms with E-state index in [-0.39, 0.29) is 18.2 Å². The predicted octanol–water partition coefficient (Wildman–Crippen LogP) is 0.519. The van der Waals surface area contributed by atoms with E-state index >= 15 is 0 Å². The molecule has 16 heavy (non-hydrogen) atoms. The number of hydrogen-bond acceptors (Lipinski definition) is 4. The third kappa shape index (κ3) is 8.00. The van der Waals surface area contributed by atoms with Crippen LogP contribution in [0.1, 0.15) is 32.6 Å². The summed E-state index contributed by atoms with van der Waals surface area (Å²) in [7, 11) is 0. The van der Waals surface area contributed by atoms with Crippen LogP contribution in [0.5, 0.6) is 0 Å². The van der Waals surface area contributed by atoms with Crippen LogP contribution in [0.3, 0.4) is 0 Å². The number of ketones is 1. The molecule has 0 rings (SSSR count). The zero-order valence-electron chi connectivity index (χ0n) is 9.59. The molecule has 5 nitrogen and oxygen atoms in total. The number of carbonyl (C=O) groups is 2. The number of nitrogens with two attached hydrogens (primary N) is 1. The van der Waals surface area contributed by atoms with Crippen molar-refractivity contribution in [3.05, 3.63) is 0 Å². The van der Waals surface area contributed by atoms with Crippen LogP contribution in [0.25, 0.3) is 0 Å². The van der Waals surface area contributed by atoms with Gasteiger partial charge in [0.25, 0.3) is 0 Å². The third-order valence-electron chi connectivity index (χ3n) is 2.23. The van der Waals surface area contributed by atoms with Crippen LogP contribution in [-0.4, -0.2) is 30.8 Å². The summed E-state index contributed by atoms with van der Waals surface area (Å²) in [6, 6.07) is -0.501. The van der Waals surface area contributed by atoms with E-state index in [0.717, 1.165) is 19.4 Å². The lowest BCUT2D eigenvalue weighted by atomic mass is 10.1. The molecule has 0 spiro atoms. The molecule has 0 bridgehead atoms. The molecule has 1 amide bonds. The lowest BCUT2D eigenvalue weighted by molar-refractivity contribution is -0.126. The maximum absolute atomic E-state index is 11.4. The Morgan fingerprint density at radius 3 is 2.62 bits per heavy atom. The van der Waals surface area contributed by atoms with Gasteiger partial charge < -0.3 is 11.1 Å². The van der Waals surface area contributed by atoms with Gasteiger partial charge in [-0.05, 0) is 12.8 Å². The quantitative estimate of drug-likeness (QED) is 0.324. The Bertz CT molecular complexity index is 224. The first-order chi connectivity index (χ1) is 7.61. The number of rotatable bonds is 9. The van der Waals surface area contributed by atoms with E-state index in [2.05, 4.69) is 31.7 Å². The van der Waals surface area contributed by atoms with E-state index in [1.54, 1.807) is 6.92 Å². The summed E-state index contributed by atoms with van der Waals surface area (Å²) in [5, 5.41) is 2.54. The fraction of sp³-hybridized carbons (Fsp3) is 0.800. The second-order valence-electron chi connectivity index (χ2n) is 3.60. The van der Waals surface area contributed by atoms with Crippen LogP contribution in [0.2, 0.25) is 0 Å². The van der Waals surface area contributed by atoms with E-state index in [9.17, 15) is 9.59 Å². The van der Waals surface area contributed by atoms with Crippen LogP contribution in [-0.2, 0) is 9.59 Å². The molecular weight excluding hydrogens is 321 g/mol. The van der Waals surface area contributed by atoms with Gasteiger partial charge in [-0.1, -0.05) is 13.3 Å². The maximum Gasteiger partial charge on any atom is 0.237 e. The van der Waals surface area contributed by atoms with E-state index in [1.165, 1.54) is 0 Å². The summed E-state index contributed by atoms with van der Waals surface area (Å²) in [4.78, 5) is 22.4. The van der Waals surface area contributed by atoms with Crippen molar-refractivity contribution in [1.82, 2.24) is 8.85 Å². The normalized spacial score (nSPS) is 12.2. The van der Waals surface area contributed by atoms with E-state index < -0.39 is 6.04 Å². The number of amides is 1. The first-order valence-corrected chi connectivity index (χ1v) is 6.58. The summed E-state index contributed by atoms with van der Waals surface area (Å²) in [5.74, 6) is -0.209. The van der Waals surface area contributed by atoms with Gasteiger partial charge in [0, 0.05) is 35.8 Å². The lowest BCUT2D eigenvalue weighted by Crippen LogP contribution is -2.42. The molecular formula is C10H20IN3O2. The van der Waals surface area contributed by atoms with Gasteiger partial charge in [-0.3, -0.25) is 13.1 Å². The largest absolute Gasteiger partial charge is 0.348 e. The molecule has 0 aromatic rings. The summed E-state index contributed by atoms with van der Waals surface area (Å²) in [6.07, 6.45) is 3.01. The van der Waals surface area contributed by atoms with Crippen LogP contribution in [0.4, 0.5) is 0 Å². The van der Waals surface area contributed by atoms with Crippen LogP contribution < -0.4 is 14.6 Å². The van der Waals surface area contributed by atoms with Gasteiger partial charge in [-0.15, -0.1) is 0 Å². The molecule has 0 heterocycles. The smallest absolute Gasteiger partial charge is 0.237 e. The summed E-state index contributed by atoms with van der Waals surface area (Å²) in [6.45, 7) is 2.78. The van der Waals surface area contributed by atoms with Crippen molar-refractivity contribution in [1.29, 1.82) is 0 Å². The van der Waals surface area contributed by atoms with Gasteiger partial charge in [0.2, 0.25) is 5.91 Å². The molecule has 1 unspecified atom stereocenters. The van der Waals surface area contributed by atoms with Gasteiger partial charge in [-0.25, -0.2) is 0 Å². The van der Waals surface area contributed by atoms with E-state index in [0.29, 0.717) is 12.8 Å². The molecule has 0 aliphatic carbocycles. The van der Waals surface area contributed by atoms with Crippen molar-refractivity contribution in [2.45, 2.75) is 38.6 Å². The topological polar surface area (TPSA) is 84.2 Å². The Morgan fingerprint density at radius 1 is 1.38 bits per heavy atom. The molecule has 0 saturated heterocycles. The number of halogens is 1. The van der Waals surface area contributed by atoms with E-state index in [4.69, 9.17) is 5.73 Å². The van der Waals surface area contributed by atoms with Crippen molar-refractivity contribution in [2.75, 3.05) is 13.1 Å². The molecule has 6 heteroatoms. The molecule has 0 fully saturated rings. The fourth-order valence-electron chi connectivity index (χ4n) is 1.13. The highest BCUT2D eigenvalue weighted by Crippen LogP contribution is 1.98. The van der Waals surface area contributed by atoms with E-state index in [1.807, 2.05) is 0 Å². The SMILES string of the molecule is CCC(=O)CNC(=O)C(N)CCCCNI. The highest BCUT2D eigenvalue weighted by atomic mass is 127. The highest BCUT2D eigenvalue weighted by Gasteiger charge is 2.13. The number of Topliss-reactive ketones (excluding diaryl/α,β-unsaturated/α-hetero) is 1.